The van der Waals surface area contributed by atoms with Crippen molar-refractivity contribution < 1.29 is 24.7 Å². The number of nitrogens with zero attached hydrogens (tertiary/aromatic N) is 1. The van der Waals surface area contributed by atoms with E-state index in [1.165, 1.54) is 10.4 Å². The van der Waals surface area contributed by atoms with Crippen molar-refractivity contribution in [3.8, 4) is 0 Å². The van der Waals surface area contributed by atoms with E-state index in [9.17, 15) is 19.5 Å². The number of hydrogen-bond acceptors (Lipinski definition) is 5. The summed E-state index contributed by atoms with van der Waals surface area (Å²) < 4.78 is 0. The number of aliphatic hydroxyl groups is 1. The lowest BCUT2D eigenvalue weighted by molar-refractivity contribution is -0.152. The van der Waals surface area contributed by atoms with Gasteiger partial charge in [0.05, 0.1) is 5.92 Å². The van der Waals surface area contributed by atoms with Crippen molar-refractivity contribution in [2.45, 2.75) is 57.7 Å². The number of carbonyl (C=O) groups excluding carboxylic acids is 3. The molecule has 8 heteroatoms. The van der Waals surface area contributed by atoms with Gasteiger partial charge in [0.15, 0.2) is 0 Å². The molecule has 0 bridgehead atoms. The topological polar surface area (TPSA) is 119 Å². The van der Waals surface area contributed by atoms with Gasteiger partial charge in [-0.05, 0) is 24.8 Å². The molecule has 1 fully saturated rings. The van der Waals surface area contributed by atoms with Gasteiger partial charge >= 0.3 is 0 Å². The van der Waals surface area contributed by atoms with Crippen LogP contribution in [-0.2, 0) is 20.9 Å². The Morgan fingerprint density at radius 1 is 1.25 bits per heavy atom. The summed E-state index contributed by atoms with van der Waals surface area (Å²) in [5, 5.41) is 21.8. The fourth-order valence-electron chi connectivity index (χ4n) is 3.51. The zero-order chi connectivity index (χ0) is 20.5. The van der Waals surface area contributed by atoms with Gasteiger partial charge < -0.3 is 15.3 Å². The molecule has 28 heavy (non-hydrogen) atoms. The Balaban J connectivity index is 2.05. The van der Waals surface area contributed by atoms with Gasteiger partial charge in [0.2, 0.25) is 11.8 Å². The third-order valence-corrected chi connectivity index (χ3v) is 5.09. The van der Waals surface area contributed by atoms with Crippen LogP contribution in [0.15, 0.2) is 30.3 Å². The molecule has 2 rings (SSSR count). The van der Waals surface area contributed by atoms with Crippen molar-refractivity contribution in [3.05, 3.63) is 35.9 Å². The van der Waals surface area contributed by atoms with Gasteiger partial charge in [-0.3, -0.25) is 19.6 Å². The maximum Gasteiger partial charge on any atom is 0.272 e. The Morgan fingerprint density at radius 3 is 2.61 bits per heavy atom. The lowest BCUT2D eigenvalue weighted by Crippen LogP contribution is -2.51. The van der Waals surface area contributed by atoms with Crippen molar-refractivity contribution in [3.63, 3.8) is 0 Å². The second-order valence-electron chi connectivity index (χ2n) is 7.06. The maximum absolute atomic E-state index is 13.0. The van der Waals surface area contributed by atoms with Crippen molar-refractivity contribution in [1.82, 2.24) is 15.7 Å². The molecule has 1 heterocycles. The highest BCUT2D eigenvalue weighted by molar-refractivity contribution is 5.92. The monoisotopic (exact) mass is 391 g/mol. The smallest absolute Gasteiger partial charge is 0.272 e. The van der Waals surface area contributed by atoms with Crippen molar-refractivity contribution in [1.29, 1.82) is 0 Å². The second kappa shape index (κ2) is 10.8. The molecular formula is C20H29N3O5. The van der Waals surface area contributed by atoms with E-state index in [1.807, 2.05) is 37.3 Å². The maximum atomic E-state index is 13.0. The summed E-state index contributed by atoms with van der Waals surface area (Å²) in [6, 6.07) is 8.86. The molecule has 1 aromatic rings. The van der Waals surface area contributed by atoms with E-state index in [2.05, 4.69) is 5.32 Å². The first-order valence-electron chi connectivity index (χ1n) is 9.73. The van der Waals surface area contributed by atoms with E-state index >= 15 is 0 Å². The van der Waals surface area contributed by atoms with Crippen LogP contribution in [0.2, 0.25) is 0 Å². The van der Waals surface area contributed by atoms with Crippen molar-refractivity contribution >= 4 is 17.7 Å². The molecule has 3 atom stereocenters. The minimum atomic E-state index is -1.65. The average molecular weight is 391 g/mol. The molecule has 154 valence electrons. The number of unbranched alkanes of at least 4 members (excludes halogenated alkanes) is 1. The molecule has 0 aliphatic carbocycles. The normalized spacial score (nSPS) is 18.4. The van der Waals surface area contributed by atoms with Crippen LogP contribution in [0, 0.1) is 5.92 Å². The third-order valence-electron chi connectivity index (χ3n) is 5.09. The highest BCUT2D eigenvalue weighted by Crippen LogP contribution is 2.24. The van der Waals surface area contributed by atoms with E-state index in [4.69, 9.17) is 5.21 Å². The van der Waals surface area contributed by atoms with Crippen LogP contribution in [0.5, 0.6) is 0 Å². The predicted octanol–water partition coefficient (Wildman–Crippen LogP) is 0.967. The van der Waals surface area contributed by atoms with Crippen LogP contribution in [-0.4, -0.2) is 51.6 Å². The molecule has 2 unspecified atom stereocenters. The third kappa shape index (κ3) is 5.53. The molecule has 0 saturated carbocycles. The van der Waals surface area contributed by atoms with Gasteiger partial charge in [-0.15, -0.1) is 0 Å². The molecule has 0 radical (unpaired) electrons. The quantitative estimate of drug-likeness (QED) is 0.369. The number of aliphatic hydroxyl groups excluding tert-OH is 1. The fraction of sp³-hybridized carbons (Fsp3) is 0.550. The van der Waals surface area contributed by atoms with E-state index in [1.54, 1.807) is 0 Å². The molecule has 1 aromatic carbocycles. The van der Waals surface area contributed by atoms with Crippen LogP contribution < -0.4 is 10.8 Å². The van der Waals surface area contributed by atoms with Gasteiger partial charge in [0.25, 0.3) is 5.91 Å². The van der Waals surface area contributed by atoms with Crippen molar-refractivity contribution in [2.75, 3.05) is 6.54 Å². The largest absolute Gasteiger partial charge is 0.382 e. The fourth-order valence-corrected chi connectivity index (χ4v) is 3.51. The lowest BCUT2D eigenvalue weighted by Gasteiger charge is -2.30. The van der Waals surface area contributed by atoms with Crippen LogP contribution in [0.25, 0.3) is 0 Å². The Bertz CT molecular complexity index is 667. The minimum Gasteiger partial charge on any atom is -0.382 e. The Morgan fingerprint density at radius 2 is 1.96 bits per heavy atom. The van der Waals surface area contributed by atoms with Gasteiger partial charge in [-0.1, -0.05) is 50.1 Å². The first-order valence-corrected chi connectivity index (χ1v) is 9.73. The number of likely N-dealkylation sites (tertiary alicyclic amines) is 1. The van der Waals surface area contributed by atoms with Crippen LogP contribution >= 0.6 is 0 Å². The molecule has 8 nitrogen and oxygen atoms in total. The summed E-state index contributed by atoms with van der Waals surface area (Å²) in [5.41, 5.74) is 2.36. The predicted molar refractivity (Wildman–Crippen MR) is 102 cm³/mol. The number of benzene rings is 1. The first kappa shape index (κ1) is 21.8. The van der Waals surface area contributed by atoms with E-state index < -0.39 is 29.9 Å². The summed E-state index contributed by atoms with van der Waals surface area (Å²) in [7, 11) is 0. The minimum absolute atomic E-state index is 0.245. The lowest BCUT2D eigenvalue weighted by atomic mass is 9.93. The van der Waals surface area contributed by atoms with E-state index in [0.29, 0.717) is 38.8 Å². The summed E-state index contributed by atoms with van der Waals surface area (Å²) in [5.74, 6) is -2.68. The molecule has 3 amide bonds. The molecule has 1 aliphatic heterocycles. The van der Waals surface area contributed by atoms with Gasteiger partial charge in [0, 0.05) is 13.1 Å². The standard InChI is InChI=1S/C20H29N3O5/c1-2-3-10-15(17(24)19(26)22-28)20(27)23-12-7-11-16(23)18(25)21-13-14-8-5-4-6-9-14/h4-6,8-9,15-17,24,28H,2-3,7,10-13H2,1H3,(H,21,25)(H,22,26)/t15?,16-,17?/m0/s1. The van der Waals surface area contributed by atoms with Crippen LogP contribution in [0.1, 0.15) is 44.6 Å². The average Bonchev–Trinajstić information content (AvgIpc) is 3.22. The molecule has 1 saturated heterocycles. The number of hydrogen-bond donors (Lipinski definition) is 4. The molecule has 4 N–H and O–H groups in total. The van der Waals surface area contributed by atoms with Gasteiger partial charge in [-0.25, -0.2) is 5.48 Å². The summed E-state index contributed by atoms with van der Waals surface area (Å²) in [4.78, 5) is 38.8. The Hall–Kier alpha value is -2.45. The number of nitrogens with one attached hydrogen (secondary N) is 2. The first-order chi connectivity index (χ1) is 13.5. The molecule has 1 aliphatic rings. The highest BCUT2D eigenvalue weighted by atomic mass is 16.5. The number of rotatable bonds is 9. The summed E-state index contributed by atoms with van der Waals surface area (Å²) in [6.07, 6.45) is 1.30. The van der Waals surface area contributed by atoms with Crippen molar-refractivity contribution in [2.24, 2.45) is 5.92 Å². The summed E-state index contributed by atoms with van der Waals surface area (Å²) in [6.45, 7) is 2.71. The van der Waals surface area contributed by atoms with Crippen LogP contribution in [0.4, 0.5) is 0 Å². The highest BCUT2D eigenvalue weighted by Gasteiger charge is 2.40. The van der Waals surface area contributed by atoms with E-state index in [-0.39, 0.29) is 5.91 Å². The molecule has 0 spiro atoms. The number of carbonyl (C=O) groups is 3. The number of hydroxylamine groups is 1. The SMILES string of the molecule is CCCCC(C(=O)N1CCC[C@H]1C(=O)NCc1ccccc1)C(O)C(=O)NO. The Labute approximate surface area is 164 Å². The Kier molecular flexibility index (Phi) is 8.41. The molecule has 0 aromatic heterocycles. The van der Waals surface area contributed by atoms with Gasteiger partial charge in [0.1, 0.15) is 12.1 Å². The summed E-state index contributed by atoms with van der Waals surface area (Å²) >= 11 is 0. The molecular weight excluding hydrogens is 362 g/mol. The zero-order valence-electron chi connectivity index (χ0n) is 16.1. The van der Waals surface area contributed by atoms with E-state index in [0.717, 1.165) is 12.0 Å². The van der Waals surface area contributed by atoms with Gasteiger partial charge in [-0.2, -0.15) is 0 Å². The number of amides is 3. The van der Waals surface area contributed by atoms with Crippen LogP contribution in [0.3, 0.4) is 0 Å². The second-order valence-corrected chi connectivity index (χ2v) is 7.06. The zero-order valence-corrected chi connectivity index (χ0v) is 16.1.